The van der Waals surface area contributed by atoms with E-state index in [0.29, 0.717) is 15.8 Å². The molecule has 0 bridgehead atoms. The van der Waals surface area contributed by atoms with E-state index < -0.39 is 24.0 Å². The van der Waals surface area contributed by atoms with Crippen molar-refractivity contribution in [2.75, 3.05) is 13.2 Å². The first kappa shape index (κ1) is 24.0. The van der Waals surface area contributed by atoms with E-state index in [0.717, 1.165) is 0 Å². The summed E-state index contributed by atoms with van der Waals surface area (Å²) in [5.74, 6) is -1.37. The van der Waals surface area contributed by atoms with Gasteiger partial charge in [-0.2, -0.15) is 0 Å². The second-order valence-electron chi connectivity index (χ2n) is 7.28. The van der Waals surface area contributed by atoms with E-state index in [-0.39, 0.29) is 40.4 Å². The van der Waals surface area contributed by atoms with Crippen LogP contribution in [-0.4, -0.2) is 30.3 Å². The maximum atomic E-state index is 12.6. The van der Waals surface area contributed by atoms with E-state index in [1.165, 1.54) is 30.3 Å². The summed E-state index contributed by atoms with van der Waals surface area (Å²) in [6, 6.07) is 17.5. The molecule has 0 aliphatic rings. The third kappa shape index (κ3) is 5.52. The van der Waals surface area contributed by atoms with E-state index in [1.54, 1.807) is 37.3 Å². The molecular formula is C26H19BrO8. The van der Waals surface area contributed by atoms with Crippen molar-refractivity contribution in [1.82, 2.24) is 0 Å². The molecule has 0 spiro atoms. The molecule has 0 aliphatic carbocycles. The number of fused-ring (bicyclic) bond motifs is 1. The summed E-state index contributed by atoms with van der Waals surface area (Å²) in [5.41, 5.74) is 0.445. The number of carbonyl (C=O) groups excluding carboxylic acids is 2. The Morgan fingerprint density at radius 1 is 1.03 bits per heavy atom. The predicted octanol–water partition coefficient (Wildman–Crippen LogP) is 5.09. The van der Waals surface area contributed by atoms with Gasteiger partial charge in [0.15, 0.2) is 12.0 Å². The van der Waals surface area contributed by atoms with Crippen LogP contribution in [0.15, 0.2) is 80.4 Å². The minimum Gasteiger partial charge on any atom is -0.507 e. The minimum atomic E-state index is -0.798. The lowest BCUT2D eigenvalue weighted by Gasteiger charge is -2.11. The fourth-order valence-corrected chi connectivity index (χ4v) is 3.66. The van der Waals surface area contributed by atoms with Crippen molar-refractivity contribution < 1.29 is 33.3 Å². The molecule has 4 aromatic rings. The quantitative estimate of drug-likeness (QED) is 0.255. The van der Waals surface area contributed by atoms with Crippen LogP contribution in [0.1, 0.15) is 17.3 Å². The first-order valence-corrected chi connectivity index (χ1v) is 11.3. The fourth-order valence-electron chi connectivity index (χ4n) is 3.32. The van der Waals surface area contributed by atoms with Crippen molar-refractivity contribution in [2.45, 2.75) is 6.92 Å². The predicted molar refractivity (Wildman–Crippen MR) is 131 cm³/mol. The number of benzene rings is 3. The molecule has 178 valence electrons. The van der Waals surface area contributed by atoms with Gasteiger partial charge in [-0.15, -0.1) is 0 Å². The van der Waals surface area contributed by atoms with Crippen LogP contribution in [0, 0.1) is 0 Å². The molecule has 0 saturated heterocycles. The van der Waals surface area contributed by atoms with Crippen molar-refractivity contribution in [3.8, 4) is 28.6 Å². The highest BCUT2D eigenvalue weighted by molar-refractivity contribution is 9.10. The van der Waals surface area contributed by atoms with Crippen LogP contribution in [0.4, 0.5) is 0 Å². The number of hydrogen-bond acceptors (Lipinski definition) is 8. The molecule has 0 fully saturated rings. The number of carbonyl (C=O) groups is 2. The van der Waals surface area contributed by atoms with Gasteiger partial charge < -0.3 is 23.7 Å². The Labute approximate surface area is 207 Å². The topological polar surface area (TPSA) is 112 Å². The summed E-state index contributed by atoms with van der Waals surface area (Å²) in [5, 5.41) is 10.4. The first-order chi connectivity index (χ1) is 16.9. The lowest BCUT2D eigenvalue weighted by molar-refractivity contribution is -0.136. The molecule has 3 aromatic carbocycles. The Bertz CT molecular complexity index is 1460. The molecule has 0 radical (unpaired) electrons. The van der Waals surface area contributed by atoms with Crippen LogP contribution < -0.4 is 14.9 Å². The fraction of sp³-hybridized carbons (Fsp3) is 0.115. The molecule has 9 heteroatoms. The summed E-state index contributed by atoms with van der Waals surface area (Å²) in [4.78, 5) is 37.1. The number of rotatable bonds is 7. The van der Waals surface area contributed by atoms with E-state index >= 15 is 0 Å². The zero-order valence-corrected chi connectivity index (χ0v) is 20.0. The molecule has 8 nitrogen and oxygen atoms in total. The van der Waals surface area contributed by atoms with Crippen LogP contribution in [0.25, 0.3) is 22.3 Å². The summed E-state index contributed by atoms with van der Waals surface area (Å²) in [6.07, 6.45) is 0. The summed E-state index contributed by atoms with van der Waals surface area (Å²) in [6.45, 7) is 1.29. The summed E-state index contributed by atoms with van der Waals surface area (Å²) in [7, 11) is 0. The molecule has 0 amide bonds. The zero-order valence-electron chi connectivity index (χ0n) is 18.4. The largest absolute Gasteiger partial charge is 0.507 e. The Morgan fingerprint density at radius 2 is 1.80 bits per heavy atom. The molecule has 0 aliphatic heterocycles. The van der Waals surface area contributed by atoms with Gasteiger partial charge >= 0.3 is 11.9 Å². The van der Waals surface area contributed by atoms with Crippen LogP contribution in [0.3, 0.4) is 0 Å². The molecule has 0 saturated carbocycles. The average Bonchev–Trinajstić information content (AvgIpc) is 2.83. The molecule has 35 heavy (non-hydrogen) atoms. The number of phenols is 1. The van der Waals surface area contributed by atoms with Crippen molar-refractivity contribution in [3.63, 3.8) is 0 Å². The molecule has 1 heterocycles. The van der Waals surface area contributed by atoms with Gasteiger partial charge in [-0.1, -0.05) is 46.3 Å². The van der Waals surface area contributed by atoms with Crippen LogP contribution in [-0.2, 0) is 9.53 Å². The van der Waals surface area contributed by atoms with Gasteiger partial charge in [-0.05, 0) is 25.1 Å². The number of aromatic hydroxyl groups is 1. The van der Waals surface area contributed by atoms with Gasteiger partial charge in [0.25, 0.3) is 0 Å². The molecule has 1 aromatic heterocycles. The maximum Gasteiger partial charge on any atom is 0.349 e. The lowest BCUT2D eigenvalue weighted by Crippen LogP contribution is -2.19. The monoisotopic (exact) mass is 538 g/mol. The average molecular weight is 539 g/mol. The molecule has 0 atom stereocenters. The van der Waals surface area contributed by atoms with Crippen LogP contribution in [0.2, 0.25) is 0 Å². The third-order valence-electron chi connectivity index (χ3n) is 4.86. The number of esters is 2. The molecule has 4 rings (SSSR count). The smallest absolute Gasteiger partial charge is 0.349 e. The van der Waals surface area contributed by atoms with Crippen LogP contribution >= 0.6 is 15.9 Å². The number of halogens is 1. The van der Waals surface area contributed by atoms with Crippen molar-refractivity contribution >= 4 is 38.8 Å². The van der Waals surface area contributed by atoms with E-state index in [1.807, 2.05) is 6.07 Å². The van der Waals surface area contributed by atoms with E-state index in [9.17, 15) is 19.5 Å². The lowest BCUT2D eigenvalue weighted by atomic mass is 10.1. The number of phenolic OH excluding ortho intramolecular Hbond substituents is 1. The van der Waals surface area contributed by atoms with Crippen molar-refractivity contribution in [1.29, 1.82) is 0 Å². The first-order valence-electron chi connectivity index (χ1n) is 10.5. The van der Waals surface area contributed by atoms with Crippen molar-refractivity contribution in [3.05, 3.63) is 87.0 Å². The minimum absolute atomic E-state index is 0.00582. The Morgan fingerprint density at radius 3 is 2.54 bits per heavy atom. The summed E-state index contributed by atoms with van der Waals surface area (Å²) < 4.78 is 22.2. The number of hydrogen-bond donors (Lipinski definition) is 1. The molecule has 1 N–H and O–H groups in total. The Kier molecular flexibility index (Phi) is 7.17. The van der Waals surface area contributed by atoms with Gasteiger partial charge in [-0.25, -0.2) is 9.59 Å². The Balaban J connectivity index is 1.55. The zero-order chi connectivity index (χ0) is 24.9. The van der Waals surface area contributed by atoms with Crippen molar-refractivity contribution in [2.24, 2.45) is 0 Å². The highest BCUT2D eigenvalue weighted by Gasteiger charge is 2.18. The SMILES string of the molecule is CCOC(=O)c1ccc(Br)cc1OC(=O)COc1cc(O)c2c(=O)cc(-c3ccccc3)oc2c1. The second kappa shape index (κ2) is 10.4. The van der Waals surface area contributed by atoms with Crippen LogP contribution in [0.5, 0.6) is 17.2 Å². The molecule has 0 unspecified atom stereocenters. The Hall–Kier alpha value is -4.11. The summed E-state index contributed by atoms with van der Waals surface area (Å²) >= 11 is 3.27. The number of ether oxygens (including phenoxy) is 3. The molecular weight excluding hydrogens is 520 g/mol. The van der Waals surface area contributed by atoms with Gasteiger partial charge in [0, 0.05) is 28.2 Å². The van der Waals surface area contributed by atoms with E-state index in [2.05, 4.69) is 15.9 Å². The van der Waals surface area contributed by atoms with Gasteiger partial charge in [0.1, 0.15) is 39.5 Å². The van der Waals surface area contributed by atoms with E-state index in [4.69, 9.17) is 18.6 Å². The van der Waals surface area contributed by atoms with Gasteiger partial charge in [0.2, 0.25) is 0 Å². The normalized spacial score (nSPS) is 10.7. The van der Waals surface area contributed by atoms with Gasteiger partial charge in [0.05, 0.1) is 6.61 Å². The van der Waals surface area contributed by atoms with Gasteiger partial charge in [-0.3, -0.25) is 4.79 Å². The maximum absolute atomic E-state index is 12.6. The highest BCUT2D eigenvalue weighted by atomic mass is 79.9. The third-order valence-corrected chi connectivity index (χ3v) is 5.35. The highest BCUT2D eigenvalue weighted by Crippen LogP contribution is 2.31. The second-order valence-corrected chi connectivity index (χ2v) is 8.20. The standard InChI is InChI=1S/C26H19BrO8/c1-2-32-26(31)18-9-8-16(27)10-22(18)35-24(30)14-33-17-11-19(28)25-20(29)13-21(34-23(25)12-17)15-6-4-3-5-7-15/h3-13,28H,2,14H2,1H3.